The van der Waals surface area contributed by atoms with Gasteiger partial charge < -0.3 is 10.6 Å². The van der Waals surface area contributed by atoms with Crippen LogP contribution in [0.25, 0.3) is 0 Å². The van der Waals surface area contributed by atoms with Gasteiger partial charge in [-0.05, 0) is 43.7 Å². The Balaban J connectivity index is 2.37. The van der Waals surface area contributed by atoms with E-state index in [1.54, 1.807) is 0 Å². The van der Waals surface area contributed by atoms with E-state index in [0.717, 1.165) is 25.6 Å². The number of nitrogens with two attached hydrogens (primary N) is 1. The van der Waals surface area contributed by atoms with Gasteiger partial charge in [0.25, 0.3) is 0 Å². The molecule has 0 aromatic carbocycles. The zero-order valence-electron chi connectivity index (χ0n) is 11.0. The Hall–Kier alpha value is -0.570. The normalized spacial score (nSPS) is 24.1. The van der Waals surface area contributed by atoms with Crippen molar-refractivity contribution in [3.63, 3.8) is 0 Å². The van der Waals surface area contributed by atoms with Gasteiger partial charge in [0.15, 0.2) is 0 Å². The second-order valence-electron chi connectivity index (χ2n) is 6.05. The lowest BCUT2D eigenvalue weighted by Gasteiger charge is -2.29. The van der Waals surface area contributed by atoms with Crippen LogP contribution in [-0.2, 0) is 4.79 Å². The molecule has 1 rings (SSSR count). The smallest absolute Gasteiger partial charge is 0.218 e. The van der Waals surface area contributed by atoms with Crippen LogP contribution in [0.15, 0.2) is 0 Å². The van der Waals surface area contributed by atoms with Crippen LogP contribution >= 0.6 is 0 Å². The van der Waals surface area contributed by atoms with Crippen molar-refractivity contribution in [1.29, 1.82) is 0 Å². The first kappa shape index (κ1) is 13.5. The van der Waals surface area contributed by atoms with Crippen LogP contribution in [0.1, 0.15) is 46.5 Å². The Labute approximate surface area is 99.4 Å². The molecule has 16 heavy (non-hydrogen) atoms. The van der Waals surface area contributed by atoms with Gasteiger partial charge in [-0.15, -0.1) is 0 Å². The van der Waals surface area contributed by atoms with E-state index in [4.69, 9.17) is 5.73 Å². The van der Waals surface area contributed by atoms with Gasteiger partial charge >= 0.3 is 0 Å². The summed E-state index contributed by atoms with van der Waals surface area (Å²) in [6, 6.07) is 0. The number of carbonyl (C=O) groups excluding carboxylic acids is 1. The van der Waals surface area contributed by atoms with Crippen molar-refractivity contribution in [3.8, 4) is 0 Å². The second-order valence-corrected chi connectivity index (χ2v) is 6.05. The van der Waals surface area contributed by atoms with Gasteiger partial charge in [-0.1, -0.05) is 20.8 Å². The predicted octanol–water partition coefficient (Wildman–Crippen LogP) is 2.01. The summed E-state index contributed by atoms with van der Waals surface area (Å²) in [7, 11) is 0. The lowest BCUT2D eigenvalue weighted by atomic mass is 9.77. The quantitative estimate of drug-likeness (QED) is 0.800. The highest BCUT2D eigenvalue weighted by Gasteiger charge is 2.26. The molecule has 1 aliphatic heterocycles. The highest BCUT2D eigenvalue weighted by molar-refractivity contribution is 5.73. The van der Waals surface area contributed by atoms with Gasteiger partial charge in [0.05, 0.1) is 0 Å². The zero-order valence-corrected chi connectivity index (χ0v) is 11.0. The maximum Gasteiger partial charge on any atom is 0.218 e. The number of carbonyl (C=O) groups is 1. The lowest BCUT2D eigenvalue weighted by molar-refractivity contribution is -0.118. The molecule has 0 radical (unpaired) electrons. The van der Waals surface area contributed by atoms with Crippen molar-refractivity contribution in [1.82, 2.24) is 4.90 Å². The van der Waals surface area contributed by atoms with E-state index < -0.39 is 0 Å². The monoisotopic (exact) mass is 226 g/mol. The van der Waals surface area contributed by atoms with Crippen molar-refractivity contribution < 1.29 is 4.79 Å². The van der Waals surface area contributed by atoms with E-state index in [1.807, 2.05) is 0 Å². The van der Waals surface area contributed by atoms with E-state index in [2.05, 4.69) is 25.7 Å². The minimum absolute atomic E-state index is 0.184. The average molecular weight is 226 g/mol. The minimum atomic E-state index is -0.184. The Morgan fingerprint density at radius 2 is 2.00 bits per heavy atom. The Kier molecular flexibility index (Phi) is 4.78. The van der Waals surface area contributed by atoms with Gasteiger partial charge in [-0.25, -0.2) is 0 Å². The molecule has 2 N–H and O–H groups in total. The maximum atomic E-state index is 10.7. The van der Waals surface area contributed by atoms with E-state index >= 15 is 0 Å². The third kappa shape index (κ3) is 4.52. The van der Waals surface area contributed by atoms with Crippen molar-refractivity contribution in [3.05, 3.63) is 0 Å². The summed E-state index contributed by atoms with van der Waals surface area (Å²) in [5, 5.41) is 0. The van der Waals surface area contributed by atoms with Gasteiger partial charge in [0.2, 0.25) is 5.91 Å². The molecule has 0 saturated carbocycles. The summed E-state index contributed by atoms with van der Waals surface area (Å²) >= 11 is 0. The highest BCUT2D eigenvalue weighted by atomic mass is 16.1. The van der Waals surface area contributed by atoms with Crippen molar-refractivity contribution in [2.75, 3.05) is 19.6 Å². The summed E-state index contributed by atoms with van der Waals surface area (Å²) in [4.78, 5) is 13.1. The van der Waals surface area contributed by atoms with Crippen LogP contribution < -0.4 is 5.73 Å². The molecule has 1 atom stereocenters. The lowest BCUT2D eigenvalue weighted by Crippen LogP contribution is -2.29. The van der Waals surface area contributed by atoms with Gasteiger partial charge in [0, 0.05) is 13.0 Å². The molecule has 0 bridgehead atoms. The molecule has 0 aromatic heterocycles. The molecule has 1 amide bonds. The first-order chi connectivity index (χ1) is 7.39. The first-order valence-corrected chi connectivity index (χ1v) is 6.40. The van der Waals surface area contributed by atoms with Crippen LogP contribution in [0.3, 0.4) is 0 Å². The average Bonchev–Trinajstić information content (AvgIpc) is 2.38. The van der Waals surface area contributed by atoms with Crippen LogP contribution in [-0.4, -0.2) is 30.4 Å². The van der Waals surface area contributed by atoms with Crippen LogP contribution in [0, 0.1) is 11.3 Å². The molecule has 1 aliphatic rings. The Morgan fingerprint density at radius 1 is 1.31 bits per heavy atom. The second kappa shape index (κ2) is 5.67. The van der Waals surface area contributed by atoms with Crippen LogP contribution in [0.2, 0.25) is 0 Å². The molecular formula is C13H26N2O. The third-order valence-electron chi connectivity index (χ3n) is 3.72. The van der Waals surface area contributed by atoms with Crippen LogP contribution in [0.5, 0.6) is 0 Å². The zero-order chi connectivity index (χ0) is 12.2. The fourth-order valence-electron chi connectivity index (χ4n) is 2.51. The number of likely N-dealkylation sites (tertiary alicyclic amines) is 1. The number of hydrogen-bond donors (Lipinski definition) is 1. The predicted molar refractivity (Wildman–Crippen MR) is 67.0 cm³/mol. The molecule has 3 nitrogen and oxygen atoms in total. The van der Waals surface area contributed by atoms with Crippen molar-refractivity contribution >= 4 is 5.91 Å². The largest absolute Gasteiger partial charge is 0.370 e. The molecule has 1 unspecified atom stereocenters. The standard InChI is InChI=1S/C13H26N2O/c1-13(2,3)11-5-4-8-15(9-6-11)10-7-12(14)16/h11H,4-10H2,1-3H3,(H2,14,16). The molecule has 0 aliphatic carbocycles. The molecule has 1 heterocycles. The third-order valence-corrected chi connectivity index (χ3v) is 3.72. The summed E-state index contributed by atoms with van der Waals surface area (Å²) < 4.78 is 0. The van der Waals surface area contributed by atoms with E-state index in [0.29, 0.717) is 11.8 Å². The van der Waals surface area contributed by atoms with Crippen molar-refractivity contribution in [2.45, 2.75) is 46.5 Å². The van der Waals surface area contributed by atoms with E-state index in [9.17, 15) is 4.79 Å². The van der Waals surface area contributed by atoms with E-state index in [1.165, 1.54) is 19.3 Å². The van der Waals surface area contributed by atoms with Crippen molar-refractivity contribution in [2.24, 2.45) is 17.1 Å². The fraction of sp³-hybridized carbons (Fsp3) is 0.923. The molecule has 0 aromatic rings. The molecular weight excluding hydrogens is 200 g/mol. The summed E-state index contributed by atoms with van der Waals surface area (Å²) in [5.74, 6) is 0.627. The SMILES string of the molecule is CC(C)(C)C1CCCN(CCC(N)=O)CC1. The fourth-order valence-corrected chi connectivity index (χ4v) is 2.51. The minimum Gasteiger partial charge on any atom is -0.370 e. The molecule has 0 spiro atoms. The highest BCUT2D eigenvalue weighted by Crippen LogP contribution is 2.34. The molecule has 94 valence electrons. The molecule has 3 heteroatoms. The number of nitrogens with zero attached hydrogens (tertiary/aromatic N) is 1. The molecule has 1 fully saturated rings. The summed E-state index contributed by atoms with van der Waals surface area (Å²) in [5.41, 5.74) is 5.60. The Bertz CT molecular complexity index is 233. The first-order valence-electron chi connectivity index (χ1n) is 6.40. The van der Waals surface area contributed by atoms with Gasteiger partial charge in [0.1, 0.15) is 0 Å². The number of amides is 1. The van der Waals surface area contributed by atoms with Gasteiger partial charge in [-0.2, -0.15) is 0 Å². The Morgan fingerprint density at radius 3 is 2.56 bits per heavy atom. The summed E-state index contributed by atoms with van der Waals surface area (Å²) in [6.45, 7) is 10.1. The number of primary amides is 1. The topological polar surface area (TPSA) is 46.3 Å². The van der Waals surface area contributed by atoms with Crippen LogP contribution in [0.4, 0.5) is 0 Å². The number of rotatable bonds is 3. The maximum absolute atomic E-state index is 10.7. The number of hydrogen-bond acceptors (Lipinski definition) is 2. The van der Waals surface area contributed by atoms with Gasteiger partial charge in [-0.3, -0.25) is 4.79 Å². The van der Waals surface area contributed by atoms with E-state index in [-0.39, 0.29) is 5.91 Å². The molecule has 1 saturated heterocycles. The summed E-state index contributed by atoms with van der Waals surface area (Å²) in [6.07, 6.45) is 4.32.